The fourth-order valence-corrected chi connectivity index (χ4v) is 2.46. The minimum atomic E-state index is -0.495. The molecule has 0 saturated heterocycles. The van der Waals surface area contributed by atoms with Crippen molar-refractivity contribution in [3.8, 4) is 0 Å². The first-order valence-corrected chi connectivity index (χ1v) is 7.49. The number of ether oxygens (including phenoxy) is 2. The molecule has 1 aliphatic carbocycles. The van der Waals surface area contributed by atoms with Crippen molar-refractivity contribution in [2.24, 2.45) is 0 Å². The Kier molecular flexibility index (Phi) is 6.30. The topological polar surface area (TPSA) is 50.7 Å². The fourth-order valence-electron chi connectivity index (χ4n) is 2.46. The molecule has 0 spiro atoms. The van der Waals surface area contributed by atoms with Gasteiger partial charge in [-0.2, -0.15) is 0 Å². The highest BCUT2D eigenvalue weighted by atomic mass is 16.5. The average molecular weight is 279 g/mol. The Labute approximate surface area is 121 Å². The van der Waals surface area contributed by atoms with E-state index in [0.717, 1.165) is 5.69 Å². The number of nitrogens with one attached hydrogen (secondary N) is 1. The van der Waals surface area contributed by atoms with E-state index in [1.807, 2.05) is 6.92 Å². The average Bonchev–Trinajstić information content (AvgIpc) is 2.92. The SMILES string of the molecule is CCOCCOCC(O)CNc1ccc2c(c1)CCC2. The molecule has 0 heterocycles. The number of benzene rings is 1. The van der Waals surface area contributed by atoms with Crippen LogP contribution in [0.15, 0.2) is 18.2 Å². The Bertz CT molecular complexity index is 409. The molecule has 1 atom stereocenters. The van der Waals surface area contributed by atoms with E-state index in [9.17, 15) is 5.11 Å². The lowest BCUT2D eigenvalue weighted by molar-refractivity contribution is 0.0103. The number of rotatable bonds is 9. The summed E-state index contributed by atoms with van der Waals surface area (Å²) in [6.45, 7) is 4.62. The van der Waals surface area contributed by atoms with E-state index in [0.29, 0.717) is 33.0 Å². The van der Waals surface area contributed by atoms with Crippen molar-refractivity contribution in [2.75, 3.05) is 38.3 Å². The fraction of sp³-hybridized carbons (Fsp3) is 0.625. The van der Waals surface area contributed by atoms with E-state index in [1.54, 1.807) is 0 Å². The van der Waals surface area contributed by atoms with Crippen LogP contribution in [0.5, 0.6) is 0 Å². The molecule has 1 unspecified atom stereocenters. The Balaban J connectivity index is 1.64. The summed E-state index contributed by atoms with van der Waals surface area (Å²) in [5.74, 6) is 0. The predicted octanol–water partition coefficient (Wildman–Crippen LogP) is 2.00. The number of anilines is 1. The quantitative estimate of drug-likeness (QED) is 0.679. The summed E-state index contributed by atoms with van der Waals surface area (Å²) in [7, 11) is 0. The number of aliphatic hydroxyl groups is 1. The minimum Gasteiger partial charge on any atom is -0.389 e. The predicted molar refractivity (Wildman–Crippen MR) is 80.3 cm³/mol. The van der Waals surface area contributed by atoms with Gasteiger partial charge in [-0.05, 0) is 49.4 Å². The Morgan fingerprint density at radius 2 is 2.00 bits per heavy atom. The third-order valence-electron chi connectivity index (χ3n) is 3.53. The van der Waals surface area contributed by atoms with E-state index in [1.165, 1.54) is 30.4 Å². The lowest BCUT2D eigenvalue weighted by Crippen LogP contribution is -2.25. The summed E-state index contributed by atoms with van der Waals surface area (Å²) in [6, 6.07) is 6.48. The number of fused-ring (bicyclic) bond motifs is 1. The first-order chi connectivity index (χ1) is 9.79. The van der Waals surface area contributed by atoms with Gasteiger partial charge in [0.05, 0.1) is 25.9 Å². The summed E-state index contributed by atoms with van der Waals surface area (Å²) in [4.78, 5) is 0. The molecule has 2 rings (SSSR count). The van der Waals surface area contributed by atoms with E-state index >= 15 is 0 Å². The molecular formula is C16H25NO3. The largest absolute Gasteiger partial charge is 0.389 e. The molecule has 0 aliphatic heterocycles. The van der Waals surface area contributed by atoms with Gasteiger partial charge in [-0.1, -0.05) is 6.07 Å². The molecule has 112 valence electrons. The molecule has 0 radical (unpaired) electrons. The Hall–Kier alpha value is -1.10. The number of aryl methyl sites for hydroxylation is 2. The molecule has 1 aliphatic rings. The number of hydrogen-bond donors (Lipinski definition) is 2. The van der Waals surface area contributed by atoms with Crippen LogP contribution in [0.25, 0.3) is 0 Å². The van der Waals surface area contributed by atoms with Crippen molar-refractivity contribution >= 4 is 5.69 Å². The second-order valence-corrected chi connectivity index (χ2v) is 5.14. The molecule has 0 aromatic heterocycles. The van der Waals surface area contributed by atoms with Crippen molar-refractivity contribution in [3.05, 3.63) is 29.3 Å². The maximum Gasteiger partial charge on any atom is 0.0945 e. The maximum absolute atomic E-state index is 9.83. The van der Waals surface area contributed by atoms with Crippen LogP contribution in [-0.2, 0) is 22.3 Å². The summed E-state index contributed by atoms with van der Waals surface area (Å²) >= 11 is 0. The van der Waals surface area contributed by atoms with Gasteiger partial charge in [-0.25, -0.2) is 0 Å². The molecule has 4 heteroatoms. The summed E-state index contributed by atoms with van der Waals surface area (Å²) in [5.41, 5.74) is 3.99. The molecule has 4 nitrogen and oxygen atoms in total. The molecule has 1 aromatic rings. The van der Waals surface area contributed by atoms with Crippen LogP contribution in [0.2, 0.25) is 0 Å². The lowest BCUT2D eigenvalue weighted by atomic mass is 10.1. The third kappa shape index (κ3) is 4.78. The molecule has 0 amide bonds. The van der Waals surface area contributed by atoms with Crippen LogP contribution in [0, 0.1) is 0 Å². The van der Waals surface area contributed by atoms with Gasteiger partial charge in [-0.15, -0.1) is 0 Å². The van der Waals surface area contributed by atoms with Crippen LogP contribution in [0.4, 0.5) is 5.69 Å². The van der Waals surface area contributed by atoms with E-state index in [4.69, 9.17) is 9.47 Å². The van der Waals surface area contributed by atoms with E-state index in [2.05, 4.69) is 23.5 Å². The Morgan fingerprint density at radius 1 is 1.20 bits per heavy atom. The maximum atomic E-state index is 9.83. The summed E-state index contributed by atoms with van der Waals surface area (Å²) in [6.07, 6.45) is 3.14. The zero-order valence-corrected chi connectivity index (χ0v) is 12.2. The van der Waals surface area contributed by atoms with Gasteiger partial charge in [-0.3, -0.25) is 0 Å². The lowest BCUT2D eigenvalue weighted by Gasteiger charge is -2.14. The van der Waals surface area contributed by atoms with E-state index in [-0.39, 0.29) is 0 Å². The van der Waals surface area contributed by atoms with Gasteiger partial charge in [0, 0.05) is 18.8 Å². The molecular weight excluding hydrogens is 254 g/mol. The zero-order valence-electron chi connectivity index (χ0n) is 12.2. The van der Waals surface area contributed by atoms with E-state index < -0.39 is 6.10 Å². The molecule has 0 saturated carbocycles. The molecule has 0 fully saturated rings. The van der Waals surface area contributed by atoms with Gasteiger partial charge in [0.1, 0.15) is 0 Å². The highest BCUT2D eigenvalue weighted by Gasteiger charge is 2.11. The smallest absolute Gasteiger partial charge is 0.0945 e. The van der Waals surface area contributed by atoms with Crippen molar-refractivity contribution in [1.82, 2.24) is 0 Å². The van der Waals surface area contributed by atoms with Crippen LogP contribution in [0.3, 0.4) is 0 Å². The minimum absolute atomic E-state index is 0.338. The van der Waals surface area contributed by atoms with Crippen LogP contribution >= 0.6 is 0 Å². The van der Waals surface area contributed by atoms with Gasteiger partial charge < -0.3 is 19.9 Å². The zero-order chi connectivity index (χ0) is 14.2. The van der Waals surface area contributed by atoms with Crippen LogP contribution in [-0.4, -0.2) is 44.2 Å². The first kappa shape index (κ1) is 15.3. The third-order valence-corrected chi connectivity index (χ3v) is 3.53. The van der Waals surface area contributed by atoms with Gasteiger partial charge >= 0.3 is 0 Å². The van der Waals surface area contributed by atoms with Crippen LogP contribution < -0.4 is 5.32 Å². The summed E-state index contributed by atoms with van der Waals surface area (Å²) < 4.78 is 10.5. The van der Waals surface area contributed by atoms with Crippen molar-refractivity contribution < 1.29 is 14.6 Å². The highest BCUT2D eigenvalue weighted by molar-refractivity contribution is 5.50. The normalized spacial score (nSPS) is 15.1. The highest BCUT2D eigenvalue weighted by Crippen LogP contribution is 2.24. The first-order valence-electron chi connectivity index (χ1n) is 7.49. The molecule has 20 heavy (non-hydrogen) atoms. The monoisotopic (exact) mass is 279 g/mol. The van der Waals surface area contributed by atoms with Gasteiger partial charge in [0.2, 0.25) is 0 Å². The van der Waals surface area contributed by atoms with Crippen LogP contribution in [0.1, 0.15) is 24.5 Å². The summed E-state index contributed by atoms with van der Waals surface area (Å²) in [5, 5.41) is 13.1. The second-order valence-electron chi connectivity index (χ2n) is 5.14. The Morgan fingerprint density at radius 3 is 2.85 bits per heavy atom. The van der Waals surface area contributed by atoms with Crippen molar-refractivity contribution in [2.45, 2.75) is 32.3 Å². The van der Waals surface area contributed by atoms with Crippen molar-refractivity contribution in [1.29, 1.82) is 0 Å². The standard InChI is InChI=1S/C16H25NO3/c1-2-19-8-9-20-12-16(18)11-17-15-7-6-13-4-3-5-14(13)10-15/h6-7,10,16-18H,2-5,8-9,11-12H2,1H3. The van der Waals surface area contributed by atoms with Gasteiger partial charge in [0.25, 0.3) is 0 Å². The second kappa shape index (κ2) is 8.25. The number of aliphatic hydroxyl groups excluding tert-OH is 1. The van der Waals surface area contributed by atoms with Gasteiger partial charge in [0.15, 0.2) is 0 Å². The molecule has 1 aromatic carbocycles. The molecule has 2 N–H and O–H groups in total. The van der Waals surface area contributed by atoms with Crippen molar-refractivity contribution in [3.63, 3.8) is 0 Å². The molecule has 0 bridgehead atoms. The number of hydrogen-bond acceptors (Lipinski definition) is 4.